The number of Topliss-reactive ketones (excluding diaryl/α,β-unsaturated/α-hetero) is 1. The molecule has 4 atom stereocenters. The maximum Gasteiger partial charge on any atom is 0.190 e. The zero-order valence-corrected chi connectivity index (χ0v) is 15.0. The van der Waals surface area contributed by atoms with E-state index in [1.54, 1.807) is 13.8 Å². The minimum Gasteiger partial charge on any atom is -0.388 e. The van der Waals surface area contributed by atoms with Crippen molar-refractivity contribution in [2.75, 3.05) is 0 Å². The van der Waals surface area contributed by atoms with Gasteiger partial charge in [0.1, 0.15) is 6.10 Å². The number of carbonyl (C=O) groups excluding carboxylic acids is 1. The van der Waals surface area contributed by atoms with Gasteiger partial charge in [0.2, 0.25) is 0 Å². The summed E-state index contributed by atoms with van der Waals surface area (Å²) < 4.78 is 0. The van der Waals surface area contributed by atoms with Crippen LogP contribution in [0.1, 0.15) is 53.9 Å². The zero-order chi connectivity index (χ0) is 17.4. The Bertz CT molecular complexity index is 565. The van der Waals surface area contributed by atoms with Crippen LogP contribution in [0.25, 0.3) is 0 Å². The van der Waals surface area contributed by atoms with Gasteiger partial charge in [0.25, 0.3) is 0 Å². The van der Waals surface area contributed by atoms with Crippen LogP contribution in [-0.2, 0) is 4.79 Å². The van der Waals surface area contributed by atoms with Gasteiger partial charge >= 0.3 is 0 Å². The number of carbonyl (C=O) groups is 1. The molecule has 2 aliphatic rings. The number of hydrogen-bond donors (Lipinski definition) is 2. The van der Waals surface area contributed by atoms with E-state index in [0.29, 0.717) is 29.4 Å². The highest BCUT2D eigenvalue weighted by atomic mass is 16.3. The summed E-state index contributed by atoms with van der Waals surface area (Å²) >= 11 is 0. The smallest absolute Gasteiger partial charge is 0.190 e. The number of allylic oxidation sites excluding steroid dienone is 2. The lowest BCUT2D eigenvalue weighted by Crippen LogP contribution is -2.21. The van der Waals surface area contributed by atoms with Gasteiger partial charge in [0.05, 0.1) is 6.10 Å². The Morgan fingerprint density at radius 3 is 2.43 bits per heavy atom. The first-order valence-electron chi connectivity index (χ1n) is 8.57. The number of ketones is 1. The molecule has 2 N–H and O–H groups in total. The van der Waals surface area contributed by atoms with Gasteiger partial charge in [-0.05, 0) is 74.5 Å². The van der Waals surface area contributed by atoms with E-state index in [1.807, 2.05) is 6.08 Å². The SMILES string of the molecule is C/C1=C\C[C@@H](O)/C(C)=C/[C@@H](O)C(=O)/C(C)=C/[C@@H]2[C@H](CC1)C2(C)C. The Labute approximate surface area is 139 Å². The molecule has 1 fully saturated rings. The molecular formula is C20H30O3. The lowest BCUT2D eigenvalue weighted by Gasteiger charge is -2.13. The Kier molecular flexibility index (Phi) is 5.32. The molecule has 0 spiro atoms. The summed E-state index contributed by atoms with van der Waals surface area (Å²) in [4.78, 5) is 12.3. The average Bonchev–Trinajstić information content (AvgIpc) is 3.00. The topological polar surface area (TPSA) is 57.5 Å². The van der Waals surface area contributed by atoms with E-state index >= 15 is 0 Å². The molecule has 0 heterocycles. The quantitative estimate of drug-likeness (QED) is 0.671. The molecule has 0 amide bonds. The van der Waals surface area contributed by atoms with Gasteiger partial charge in [-0.15, -0.1) is 0 Å². The molecule has 2 aliphatic carbocycles. The van der Waals surface area contributed by atoms with E-state index in [9.17, 15) is 15.0 Å². The molecule has 128 valence electrons. The molecule has 0 aromatic carbocycles. The van der Waals surface area contributed by atoms with Crippen molar-refractivity contribution in [2.45, 2.75) is 66.1 Å². The molecule has 0 saturated heterocycles. The van der Waals surface area contributed by atoms with Gasteiger partial charge in [-0.1, -0.05) is 31.6 Å². The van der Waals surface area contributed by atoms with Crippen LogP contribution in [0.4, 0.5) is 0 Å². The Balaban J connectivity index is 2.30. The van der Waals surface area contributed by atoms with Crippen LogP contribution >= 0.6 is 0 Å². The van der Waals surface area contributed by atoms with E-state index in [0.717, 1.165) is 12.8 Å². The van der Waals surface area contributed by atoms with Gasteiger partial charge in [0.15, 0.2) is 5.78 Å². The van der Waals surface area contributed by atoms with Crippen molar-refractivity contribution in [3.8, 4) is 0 Å². The number of aliphatic hydroxyl groups excluding tert-OH is 2. The van der Waals surface area contributed by atoms with Crippen LogP contribution in [0.15, 0.2) is 34.9 Å². The van der Waals surface area contributed by atoms with Crippen molar-refractivity contribution in [1.82, 2.24) is 0 Å². The minimum atomic E-state index is -1.17. The molecule has 0 aliphatic heterocycles. The highest BCUT2D eigenvalue weighted by Crippen LogP contribution is 2.61. The summed E-state index contributed by atoms with van der Waals surface area (Å²) in [6, 6.07) is 0. The Morgan fingerprint density at radius 2 is 1.78 bits per heavy atom. The van der Waals surface area contributed by atoms with E-state index in [4.69, 9.17) is 0 Å². The first kappa shape index (κ1) is 18.2. The predicted molar refractivity (Wildman–Crippen MR) is 92.9 cm³/mol. The van der Waals surface area contributed by atoms with Crippen LogP contribution < -0.4 is 0 Å². The molecular weight excluding hydrogens is 288 g/mol. The summed E-state index contributed by atoms with van der Waals surface area (Å²) in [5.41, 5.74) is 2.79. The maximum atomic E-state index is 12.3. The van der Waals surface area contributed by atoms with Crippen molar-refractivity contribution in [2.24, 2.45) is 17.3 Å². The van der Waals surface area contributed by atoms with Gasteiger partial charge in [-0.25, -0.2) is 0 Å². The molecule has 0 radical (unpaired) electrons. The molecule has 3 nitrogen and oxygen atoms in total. The van der Waals surface area contributed by atoms with Gasteiger partial charge in [-0.3, -0.25) is 4.79 Å². The number of rotatable bonds is 0. The molecule has 23 heavy (non-hydrogen) atoms. The third-order valence-corrected chi connectivity index (χ3v) is 5.71. The minimum absolute atomic E-state index is 0.220. The fourth-order valence-corrected chi connectivity index (χ4v) is 3.67. The van der Waals surface area contributed by atoms with E-state index in [-0.39, 0.29) is 11.2 Å². The van der Waals surface area contributed by atoms with Crippen LogP contribution in [0.5, 0.6) is 0 Å². The van der Waals surface area contributed by atoms with E-state index < -0.39 is 12.2 Å². The van der Waals surface area contributed by atoms with Crippen molar-refractivity contribution < 1.29 is 15.0 Å². The molecule has 3 heteroatoms. The molecule has 0 aromatic rings. The summed E-state index contributed by atoms with van der Waals surface area (Å²) in [5.74, 6) is 0.725. The molecule has 0 aromatic heterocycles. The number of aliphatic hydroxyl groups is 2. The van der Waals surface area contributed by atoms with Crippen LogP contribution in [0.3, 0.4) is 0 Å². The first-order valence-corrected chi connectivity index (χ1v) is 8.57. The van der Waals surface area contributed by atoms with E-state index in [1.165, 1.54) is 11.6 Å². The van der Waals surface area contributed by atoms with Crippen molar-refractivity contribution in [3.63, 3.8) is 0 Å². The summed E-state index contributed by atoms with van der Waals surface area (Å²) in [5, 5.41) is 20.3. The monoisotopic (exact) mass is 318 g/mol. The lowest BCUT2D eigenvalue weighted by molar-refractivity contribution is -0.121. The highest BCUT2D eigenvalue weighted by molar-refractivity contribution is 5.99. The standard InChI is InChI=1S/C20H30O3/c1-12-6-8-15-16(20(15,4)5)10-14(3)19(23)18(22)11-13(2)17(21)9-7-12/h7,10-11,15-18,21-22H,6,8-9H2,1-5H3/b12-7+,13-11+,14-10+/t15-,16+,17+,18+/m0/s1. The predicted octanol–water partition coefficient (Wildman–Crippen LogP) is 3.57. The maximum absolute atomic E-state index is 12.3. The first-order chi connectivity index (χ1) is 10.6. The molecule has 2 rings (SSSR count). The summed E-state index contributed by atoms with van der Waals surface area (Å²) in [6.45, 7) is 10.2. The Morgan fingerprint density at radius 1 is 1.13 bits per heavy atom. The molecule has 0 unspecified atom stereocenters. The second-order valence-corrected chi connectivity index (χ2v) is 7.86. The third-order valence-electron chi connectivity index (χ3n) is 5.71. The van der Waals surface area contributed by atoms with Crippen LogP contribution in [-0.4, -0.2) is 28.2 Å². The summed E-state index contributed by atoms with van der Waals surface area (Å²) in [7, 11) is 0. The van der Waals surface area contributed by atoms with Crippen molar-refractivity contribution in [3.05, 3.63) is 34.9 Å². The lowest BCUT2D eigenvalue weighted by atomic mass is 9.98. The second kappa shape index (κ2) is 6.74. The second-order valence-electron chi connectivity index (χ2n) is 7.86. The van der Waals surface area contributed by atoms with Crippen LogP contribution in [0, 0.1) is 17.3 Å². The summed E-state index contributed by atoms with van der Waals surface area (Å²) in [6.07, 6.45) is 6.44. The Hall–Kier alpha value is -1.19. The fraction of sp³-hybridized carbons (Fsp3) is 0.650. The number of hydrogen-bond acceptors (Lipinski definition) is 3. The molecule has 1 saturated carbocycles. The normalized spacial score (nSPS) is 42.2. The van der Waals surface area contributed by atoms with Gasteiger partial charge in [-0.2, -0.15) is 0 Å². The average molecular weight is 318 g/mol. The fourth-order valence-electron chi connectivity index (χ4n) is 3.67. The number of fused-ring (bicyclic) bond motifs is 1. The zero-order valence-electron chi connectivity index (χ0n) is 15.0. The van der Waals surface area contributed by atoms with Crippen molar-refractivity contribution >= 4 is 5.78 Å². The largest absolute Gasteiger partial charge is 0.388 e. The van der Waals surface area contributed by atoms with Gasteiger partial charge in [0, 0.05) is 0 Å². The van der Waals surface area contributed by atoms with Crippen LogP contribution in [0.2, 0.25) is 0 Å². The van der Waals surface area contributed by atoms with E-state index in [2.05, 4.69) is 26.8 Å². The molecule has 0 bridgehead atoms. The third kappa shape index (κ3) is 4.02. The highest BCUT2D eigenvalue weighted by Gasteiger charge is 2.55. The van der Waals surface area contributed by atoms with Crippen molar-refractivity contribution in [1.29, 1.82) is 0 Å². The van der Waals surface area contributed by atoms with Gasteiger partial charge < -0.3 is 10.2 Å².